The van der Waals surface area contributed by atoms with E-state index in [1.165, 1.54) is 0 Å². The summed E-state index contributed by atoms with van der Waals surface area (Å²) < 4.78 is 0. The van der Waals surface area contributed by atoms with Gasteiger partial charge in [0.05, 0.1) is 11.3 Å². The van der Waals surface area contributed by atoms with E-state index in [-0.39, 0.29) is 0 Å². The summed E-state index contributed by atoms with van der Waals surface area (Å²) >= 11 is 1.58. The molecule has 0 spiro atoms. The highest BCUT2D eigenvalue weighted by Gasteiger charge is 2.06. The number of benzene rings is 1. The molecule has 0 amide bonds. The normalized spacial score (nSPS) is 9.93. The molecule has 1 aromatic rings. The minimum absolute atomic E-state index is 0.703. The van der Waals surface area contributed by atoms with E-state index >= 15 is 0 Å². The molecule has 0 fully saturated rings. The van der Waals surface area contributed by atoms with Gasteiger partial charge in [-0.1, -0.05) is 6.07 Å². The first-order chi connectivity index (χ1) is 6.69. The number of thioether (sulfide) groups is 1. The van der Waals surface area contributed by atoms with E-state index in [1.807, 2.05) is 43.6 Å². The van der Waals surface area contributed by atoms with Crippen molar-refractivity contribution < 1.29 is 0 Å². The van der Waals surface area contributed by atoms with E-state index < -0.39 is 0 Å². The van der Waals surface area contributed by atoms with Crippen LogP contribution < -0.4 is 5.43 Å². The lowest BCUT2D eigenvalue weighted by Gasteiger charge is -2.15. The van der Waals surface area contributed by atoms with Gasteiger partial charge in [0, 0.05) is 19.0 Å². The maximum absolute atomic E-state index is 9.02. The standard InChI is InChI=1S/C10H13N3S/c1-13(2)12-9-5-4-6-10(14-3)8(9)7-11/h4-6,12H,1-3H3. The average Bonchev–Trinajstić information content (AvgIpc) is 2.16. The Kier molecular flexibility index (Phi) is 3.81. The third kappa shape index (κ3) is 2.41. The fraction of sp³-hybridized carbons (Fsp3) is 0.300. The second-order valence-electron chi connectivity index (χ2n) is 3.00. The predicted molar refractivity (Wildman–Crippen MR) is 60.2 cm³/mol. The molecule has 0 aliphatic rings. The maximum atomic E-state index is 9.02. The fourth-order valence-electron chi connectivity index (χ4n) is 1.15. The largest absolute Gasteiger partial charge is 0.318 e. The van der Waals surface area contributed by atoms with Gasteiger partial charge in [0.2, 0.25) is 0 Å². The summed E-state index contributed by atoms with van der Waals surface area (Å²) in [5.74, 6) is 0. The molecule has 3 nitrogen and oxygen atoms in total. The summed E-state index contributed by atoms with van der Waals surface area (Å²) in [6.45, 7) is 0. The van der Waals surface area contributed by atoms with Crippen LogP contribution in [0.2, 0.25) is 0 Å². The zero-order valence-corrected chi connectivity index (χ0v) is 9.35. The van der Waals surface area contributed by atoms with E-state index in [9.17, 15) is 0 Å². The molecule has 4 heteroatoms. The van der Waals surface area contributed by atoms with Gasteiger partial charge in [-0.25, -0.2) is 5.01 Å². The molecule has 0 heterocycles. The predicted octanol–water partition coefficient (Wildman–Crippen LogP) is 2.17. The van der Waals surface area contributed by atoms with Crippen molar-refractivity contribution in [2.45, 2.75) is 4.90 Å². The summed E-state index contributed by atoms with van der Waals surface area (Å²) in [4.78, 5) is 0.999. The van der Waals surface area contributed by atoms with Gasteiger partial charge >= 0.3 is 0 Å². The summed E-state index contributed by atoms with van der Waals surface area (Å²) in [6, 6.07) is 8.00. The molecule has 1 N–H and O–H groups in total. The molecule has 1 aromatic carbocycles. The van der Waals surface area contributed by atoms with E-state index in [0.717, 1.165) is 10.6 Å². The number of hydrogen-bond donors (Lipinski definition) is 1. The van der Waals surface area contributed by atoms with Crippen LogP contribution >= 0.6 is 11.8 Å². The smallest absolute Gasteiger partial charge is 0.103 e. The molecule has 0 radical (unpaired) electrons. The second kappa shape index (κ2) is 4.89. The minimum Gasteiger partial charge on any atom is -0.318 e. The lowest BCUT2D eigenvalue weighted by atomic mass is 10.2. The molecule has 0 aliphatic heterocycles. The Morgan fingerprint density at radius 2 is 2.14 bits per heavy atom. The molecule has 0 saturated heterocycles. The van der Waals surface area contributed by atoms with Crippen LogP contribution in [-0.2, 0) is 0 Å². The van der Waals surface area contributed by atoms with E-state index in [4.69, 9.17) is 5.26 Å². The van der Waals surface area contributed by atoms with Crippen molar-refractivity contribution in [1.29, 1.82) is 5.26 Å². The Hall–Kier alpha value is -1.18. The summed E-state index contributed by atoms with van der Waals surface area (Å²) in [5.41, 5.74) is 4.65. The molecule has 0 aliphatic carbocycles. The Bertz CT molecular complexity index is 355. The van der Waals surface area contributed by atoms with E-state index in [2.05, 4.69) is 11.5 Å². The summed E-state index contributed by atoms with van der Waals surface area (Å²) in [7, 11) is 3.79. The van der Waals surface area contributed by atoms with E-state index in [1.54, 1.807) is 11.8 Å². The Morgan fingerprint density at radius 1 is 1.43 bits per heavy atom. The van der Waals surface area contributed by atoms with Crippen molar-refractivity contribution >= 4 is 17.4 Å². The first-order valence-corrected chi connectivity index (χ1v) is 5.42. The number of rotatable bonds is 3. The van der Waals surface area contributed by atoms with Gasteiger partial charge in [-0.15, -0.1) is 11.8 Å². The first kappa shape index (κ1) is 10.9. The maximum Gasteiger partial charge on any atom is 0.103 e. The van der Waals surface area contributed by atoms with Crippen molar-refractivity contribution in [1.82, 2.24) is 5.01 Å². The first-order valence-electron chi connectivity index (χ1n) is 4.20. The Labute approximate surface area is 88.7 Å². The van der Waals surface area contributed by atoms with Gasteiger partial charge in [-0.3, -0.25) is 0 Å². The highest BCUT2D eigenvalue weighted by Crippen LogP contribution is 2.26. The van der Waals surface area contributed by atoms with Crippen molar-refractivity contribution in [2.75, 3.05) is 25.8 Å². The van der Waals surface area contributed by atoms with Crippen molar-refractivity contribution in [3.05, 3.63) is 23.8 Å². The highest BCUT2D eigenvalue weighted by molar-refractivity contribution is 7.98. The van der Waals surface area contributed by atoms with Crippen LogP contribution in [0, 0.1) is 11.3 Å². The van der Waals surface area contributed by atoms with Gasteiger partial charge in [-0.2, -0.15) is 5.26 Å². The van der Waals surface area contributed by atoms with Crippen LogP contribution in [-0.4, -0.2) is 25.4 Å². The molecule has 14 heavy (non-hydrogen) atoms. The molecule has 1 rings (SSSR count). The molecule has 74 valence electrons. The molecule has 0 aromatic heterocycles. The zero-order valence-electron chi connectivity index (χ0n) is 8.53. The molecule has 0 unspecified atom stereocenters. The number of hydrogen-bond acceptors (Lipinski definition) is 4. The van der Waals surface area contributed by atoms with Crippen LogP contribution in [0.25, 0.3) is 0 Å². The molecular formula is C10H13N3S. The quantitative estimate of drug-likeness (QED) is 0.609. The third-order valence-corrected chi connectivity index (χ3v) is 2.48. The fourth-order valence-corrected chi connectivity index (χ4v) is 1.73. The number of nitriles is 1. The van der Waals surface area contributed by atoms with Crippen molar-refractivity contribution in [3.8, 4) is 6.07 Å². The molecule has 0 saturated carbocycles. The van der Waals surface area contributed by atoms with Crippen molar-refractivity contribution in [2.24, 2.45) is 0 Å². The van der Waals surface area contributed by atoms with Crippen LogP contribution in [0.15, 0.2) is 23.1 Å². The lowest BCUT2D eigenvalue weighted by molar-refractivity contribution is 0.495. The van der Waals surface area contributed by atoms with Gasteiger partial charge in [0.25, 0.3) is 0 Å². The number of hydrazine groups is 1. The Balaban J connectivity index is 3.10. The van der Waals surface area contributed by atoms with Gasteiger partial charge in [0.1, 0.15) is 6.07 Å². The molecule has 0 bridgehead atoms. The van der Waals surface area contributed by atoms with Crippen LogP contribution in [0.1, 0.15) is 5.56 Å². The zero-order chi connectivity index (χ0) is 10.6. The second-order valence-corrected chi connectivity index (χ2v) is 3.85. The van der Waals surface area contributed by atoms with Gasteiger partial charge in [-0.05, 0) is 18.4 Å². The number of nitrogens with one attached hydrogen (secondary N) is 1. The SMILES string of the molecule is CSc1cccc(NN(C)C)c1C#N. The lowest BCUT2D eigenvalue weighted by Crippen LogP contribution is -2.20. The third-order valence-electron chi connectivity index (χ3n) is 1.70. The minimum atomic E-state index is 0.703. The number of anilines is 1. The Morgan fingerprint density at radius 3 is 2.64 bits per heavy atom. The molecular weight excluding hydrogens is 194 g/mol. The summed E-state index contributed by atoms with van der Waals surface area (Å²) in [6.07, 6.45) is 1.97. The van der Waals surface area contributed by atoms with Crippen LogP contribution in [0.3, 0.4) is 0 Å². The molecule has 0 atom stereocenters. The van der Waals surface area contributed by atoms with Gasteiger partial charge in [0.15, 0.2) is 0 Å². The van der Waals surface area contributed by atoms with Gasteiger partial charge < -0.3 is 5.43 Å². The number of nitrogens with zero attached hydrogens (tertiary/aromatic N) is 2. The topological polar surface area (TPSA) is 39.1 Å². The van der Waals surface area contributed by atoms with Crippen molar-refractivity contribution in [3.63, 3.8) is 0 Å². The van der Waals surface area contributed by atoms with Crippen LogP contribution in [0.5, 0.6) is 0 Å². The summed E-state index contributed by atoms with van der Waals surface area (Å²) in [5, 5.41) is 10.8. The monoisotopic (exact) mass is 207 g/mol. The van der Waals surface area contributed by atoms with E-state index in [0.29, 0.717) is 5.56 Å². The van der Waals surface area contributed by atoms with Crippen LogP contribution in [0.4, 0.5) is 5.69 Å². The highest BCUT2D eigenvalue weighted by atomic mass is 32.2. The average molecular weight is 207 g/mol.